The summed E-state index contributed by atoms with van der Waals surface area (Å²) in [5.41, 5.74) is 5.55. The number of hydrogen-bond acceptors (Lipinski definition) is 12. The van der Waals surface area contributed by atoms with Crippen LogP contribution in [0.25, 0.3) is 174 Å². The maximum Gasteiger partial charge on any atom is 0.119 e. The van der Waals surface area contributed by atoms with Gasteiger partial charge >= 0.3 is 0 Å². The molecule has 0 aliphatic rings. The fourth-order valence-corrected chi connectivity index (χ4v) is 32.0. The molecule has 22 aromatic rings. The Bertz CT molecular complexity index is 7560. The minimum Gasteiger partial charge on any atom is -0.493 e. The Morgan fingerprint density at radius 2 is 0.610 bits per heavy atom. The highest BCUT2D eigenvalue weighted by molar-refractivity contribution is 7.99. The van der Waals surface area contributed by atoms with Crippen LogP contribution in [0, 0.1) is 49.4 Å². The Labute approximate surface area is 843 Å². The molecule has 0 amide bonds. The van der Waals surface area contributed by atoms with Gasteiger partial charge in [0.15, 0.2) is 0 Å². The zero-order valence-electron chi connectivity index (χ0n) is 80.8. The Balaban J connectivity index is 0.000000130. The van der Waals surface area contributed by atoms with Crippen molar-refractivity contribution in [1.29, 1.82) is 0 Å². The van der Waals surface area contributed by atoms with Gasteiger partial charge in [-0.2, -0.15) is 0 Å². The quantitative estimate of drug-likeness (QED) is 0.0400. The fraction of sp³-hybridized carbons (Fsp3) is 0.306. The molecule has 0 N–H and O–H groups in total. The monoisotopic (exact) mass is 1960 g/mol. The Hall–Kier alpha value is -9.12. The van der Waals surface area contributed by atoms with E-state index in [0.717, 1.165) is 48.4 Å². The zero-order chi connectivity index (χ0) is 93.2. The van der Waals surface area contributed by atoms with Crippen molar-refractivity contribution in [2.45, 2.75) is 218 Å². The molecule has 8 aromatic heterocycles. The molecule has 2 nitrogen and oxygen atoms in total. The van der Waals surface area contributed by atoms with Crippen molar-refractivity contribution in [3.8, 4) is 32.4 Å². The van der Waals surface area contributed by atoms with Gasteiger partial charge in [-0.25, -0.2) is 0 Å². The molecule has 0 fully saturated rings. The smallest absolute Gasteiger partial charge is 0.119 e. The number of benzene rings is 14. The average Bonchev–Trinajstić information content (AvgIpc) is 1.58. The number of ether oxygens (including phenoxy) is 2. The molecule has 0 radical (unpaired) electrons. The molecule has 12 heteroatoms. The molecule has 22 rings (SSSR count). The molecule has 0 aliphatic carbocycles. The summed E-state index contributed by atoms with van der Waals surface area (Å²) < 4.78 is 29.5. The molecule has 0 spiro atoms. The molecule has 692 valence electrons. The molecule has 0 bridgehead atoms. The van der Waals surface area contributed by atoms with Crippen molar-refractivity contribution in [3.63, 3.8) is 0 Å². The van der Waals surface area contributed by atoms with Crippen LogP contribution in [0.1, 0.15) is 193 Å². The molecule has 8 heterocycles. The standard InChI is InChI=1S/C54H60S4.C38H44O2S2.C32H20S4/c1-35(2)9-7-11-37(5)13-15-39-17-23-43(24-18-39)55-45-27-29-47-41(33-45)21-31-49-51(47)53-54(57-49)52-48-30-28-46(34-42(48)22-32-50(52)58-53)56-44-25-19-40(20-26-44)16-14-38(6)12-8-10-36(3)4;1-5-9-11-25(7-3)23-39-29-17-13-27-15-19-31-35(33(27)21-29)41-38-32-20-16-28-14-18-30(22-34(28)36(32)42-37(31)38)40-24-26(8-4)12-10-6-2;1-17-3-13-27(33-17)21-7-5-19-9-11-23-29(25(19)15-21)35-32-24-12-10-20-6-8-22(28-14-4-18(2)34-28)16-26(20)30(24)36-31(23)32/h17-38H,7-16H2,1-6H3;13-22,25-26H,5-12,23-24H2,1-4H3;3-16H,1-2H3. The van der Waals surface area contributed by atoms with Crippen LogP contribution in [0.5, 0.6) is 11.5 Å². The third-order valence-electron chi connectivity index (χ3n) is 28.3. The van der Waals surface area contributed by atoms with E-state index in [9.17, 15) is 0 Å². The van der Waals surface area contributed by atoms with Crippen molar-refractivity contribution in [2.24, 2.45) is 35.5 Å². The van der Waals surface area contributed by atoms with Crippen LogP contribution >= 0.6 is 114 Å². The van der Waals surface area contributed by atoms with E-state index in [1.807, 2.05) is 114 Å². The van der Waals surface area contributed by atoms with E-state index in [0.29, 0.717) is 11.8 Å². The number of hydrogen-bond donors (Lipinski definition) is 0. The second kappa shape index (κ2) is 42.5. The van der Waals surface area contributed by atoms with Gasteiger partial charge in [-0.15, -0.1) is 90.7 Å². The molecule has 14 aromatic carbocycles. The number of aryl methyl sites for hydroxylation is 4. The van der Waals surface area contributed by atoms with E-state index in [-0.39, 0.29) is 0 Å². The largest absolute Gasteiger partial charge is 0.493 e. The number of thiophene rings is 8. The SMILES string of the molecule is CC(C)CCCC(C)CCc1ccc(Sc2ccc3c(ccc4sc5c(sc6ccc7cc(Sc8ccc(CCC(C)CCCC(C)C)cc8)ccc7c65)c43)c2)cc1.CCCCC(CC)COc1ccc2ccc3c(sc4c5ccc6ccc(OCC(CC)CCCC)cc6c5sc34)c2c1.Cc1ccc(-c2ccc3ccc4c(sc5c6ccc7ccc(-c8ccc(C)s8)cc7c6sc45)c3c2)s1. The van der Waals surface area contributed by atoms with Gasteiger partial charge in [0.05, 0.1) is 41.4 Å². The molecule has 0 saturated heterocycles. The summed E-state index contributed by atoms with van der Waals surface area (Å²) >= 11 is 19.2. The van der Waals surface area contributed by atoms with Gasteiger partial charge in [0.1, 0.15) is 11.5 Å². The summed E-state index contributed by atoms with van der Waals surface area (Å²) in [4.78, 5) is 10.6. The minimum atomic E-state index is 0.629. The highest BCUT2D eigenvalue weighted by atomic mass is 32.2. The predicted octanol–water partition coefficient (Wildman–Crippen LogP) is 43.1. The molecule has 0 aliphatic heterocycles. The lowest BCUT2D eigenvalue weighted by Gasteiger charge is -2.16. The molecule has 4 atom stereocenters. The van der Waals surface area contributed by atoms with Gasteiger partial charge in [-0.1, -0.05) is 303 Å². The number of unbranched alkanes of at least 4 members (excludes halogenated alkanes) is 2. The van der Waals surface area contributed by atoms with Crippen LogP contribution in [0.2, 0.25) is 0 Å². The summed E-state index contributed by atoms with van der Waals surface area (Å²) in [7, 11) is 0. The van der Waals surface area contributed by atoms with Gasteiger partial charge in [-0.05, 0) is 275 Å². The summed E-state index contributed by atoms with van der Waals surface area (Å²) in [6.07, 6.45) is 23.0. The first-order chi connectivity index (χ1) is 66.4. The van der Waals surface area contributed by atoms with Crippen molar-refractivity contribution >= 4 is 268 Å². The van der Waals surface area contributed by atoms with Crippen molar-refractivity contribution < 1.29 is 9.47 Å². The zero-order valence-corrected chi connectivity index (χ0v) is 88.9. The second-order valence-electron chi connectivity index (χ2n) is 39.3. The lowest BCUT2D eigenvalue weighted by molar-refractivity contribution is 0.233. The first-order valence-electron chi connectivity index (χ1n) is 50.1. The van der Waals surface area contributed by atoms with E-state index in [1.165, 1.54) is 330 Å². The summed E-state index contributed by atoms with van der Waals surface area (Å²) in [6, 6.07) is 96.8. The second-order valence-corrected chi connectivity index (χ2v) is 50.4. The van der Waals surface area contributed by atoms with Crippen molar-refractivity contribution in [2.75, 3.05) is 13.2 Å². The number of rotatable bonds is 34. The predicted molar refractivity (Wildman–Crippen MR) is 616 cm³/mol. The molecule has 136 heavy (non-hydrogen) atoms. The summed E-state index contributed by atoms with van der Waals surface area (Å²) in [5, 5.41) is 24.3. The Morgan fingerprint density at radius 1 is 0.265 bits per heavy atom. The molecule has 0 saturated carbocycles. The van der Waals surface area contributed by atoms with Crippen LogP contribution in [-0.2, 0) is 12.8 Å². The van der Waals surface area contributed by atoms with Crippen LogP contribution in [0.15, 0.2) is 274 Å². The normalized spacial score (nSPS) is 13.1. The average molecular weight is 1970 g/mol. The maximum absolute atomic E-state index is 6.35. The Morgan fingerprint density at radius 3 is 0.963 bits per heavy atom. The Kier molecular flexibility index (Phi) is 29.5. The van der Waals surface area contributed by atoms with Crippen LogP contribution in [-0.4, -0.2) is 13.2 Å². The topological polar surface area (TPSA) is 18.5 Å². The molecular weight excluding hydrogens is 1840 g/mol. The van der Waals surface area contributed by atoms with E-state index >= 15 is 0 Å². The van der Waals surface area contributed by atoms with Gasteiger partial charge < -0.3 is 9.47 Å². The van der Waals surface area contributed by atoms with Crippen LogP contribution in [0.3, 0.4) is 0 Å². The highest BCUT2D eigenvalue weighted by Gasteiger charge is 2.24. The van der Waals surface area contributed by atoms with E-state index in [2.05, 4.69) is 338 Å². The van der Waals surface area contributed by atoms with Gasteiger partial charge in [0.2, 0.25) is 0 Å². The van der Waals surface area contributed by atoms with Crippen molar-refractivity contribution in [1.82, 2.24) is 0 Å². The lowest BCUT2D eigenvalue weighted by atomic mass is 9.94. The van der Waals surface area contributed by atoms with Gasteiger partial charge in [0, 0.05) is 121 Å². The van der Waals surface area contributed by atoms with E-state index in [4.69, 9.17) is 9.47 Å². The summed E-state index contributed by atoms with van der Waals surface area (Å²) in [5.74, 6) is 6.47. The summed E-state index contributed by atoms with van der Waals surface area (Å²) in [6.45, 7) is 29.3. The van der Waals surface area contributed by atoms with Gasteiger partial charge in [0.25, 0.3) is 0 Å². The molecular formula is C124H124O2S10. The van der Waals surface area contributed by atoms with Crippen LogP contribution < -0.4 is 9.47 Å². The first-order valence-corrected chi connectivity index (χ1v) is 58.2. The minimum absolute atomic E-state index is 0.629. The van der Waals surface area contributed by atoms with E-state index in [1.54, 1.807) is 0 Å². The van der Waals surface area contributed by atoms with Crippen LogP contribution in [0.4, 0.5) is 0 Å². The highest BCUT2D eigenvalue weighted by Crippen LogP contribution is 2.54. The van der Waals surface area contributed by atoms with Gasteiger partial charge in [-0.3, -0.25) is 0 Å². The molecule has 4 unspecified atom stereocenters. The van der Waals surface area contributed by atoms with Crippen molar-refractivity contribution in [3.05, 3.63) is 276 Å². The first kappa shape index (κ1) is 94.5. The number of fused-ring (bicyclic) bond motifs is 27. The lowest BCUT2D eigenvalue weighted by Crippen LogP contribution is -2.11. The fourth-order valence-electron chi connectivity index (χ4n) is 20.0. The third kappa shape index (κ3) is 20.6. The third-order valence-corrected chi connectivity index (χ3v) is 40.2. The maximum atomic E-state index is 6.35. The van der Waals surface area contributed by atoms with E-state index < -0.39 is 0 Å².